The quantitative estimate of drug-likeness (QED) is 0.887. The van der Waals surface area contributed by atoms with Crippen LogP contribution >= 0.6 is 11.3 Å². The smallest absolute Gasteiger partial charge is 0.223 e. The van der Waals surface area contributed by atoms with Crippen LogP contribution in [0.4, 0.5) is 0 Å². The Morgan fingerprint density at radius 3 is 2.96 bits per heavy atom. The third-order valence-electron chi connectivity index (χ3n) is 4.77. The number of aryl methyl sites for hydroxylation is 1. The average molecular weight is 346 g/mol. The number of hydrogen-bond donors (Lipinski definition) is 1. The van der Waals surface area contributed by atoms with Gasteiger partial charge < -0.3 is 5.32 Å². The van der Waals surface area contributed by atoms with Crippen LogP contribution < -0.4 is 5.32 Å². The summed E-state index contributed by atoms with van der Waals surface area (Å²) in [5.74, 6) is 0.411. The van der Waals surface area contributed by atoms with Crippen molar-refractivity contribution in [2.75, 3.05) is 6.54 Å². The van der Waals surface area contributed by atoms with Gasteiger partial charge in [-0.15, -0.1) is 21.5 Å². The molecule has 7 nitrogen and oxygen atoms in total. The highest BCUT2D eigenvalue weighted by Crippen LogP contribution is 2.26. The second-order valence-electron chi connectivity index (χ2n) is 6.62. The number of hydrogen-bond acceptors (Lipinski definition) is 6. The molecule has 0 bridgehead atoms. The van der Waals surface area contributed by atoms with E-state index in [0.29, 0.717) is 6.54 Å². The largest absolute Gasteiger partial charge is 0.350 e. The molecule has 0 radical (unpaired) electrons. The molecule has 0 unspecified atom stereocenters. The second-order valence-corrected chi connectivity index (χ2v) is 7.89. The predicted octanol–water partition coefficient (Wildman–Crippen LogP) is 1.48. The van der Waals surface area contributed by atoms with Gasteiger partial charge in [-0.3, -0.25) is 14.4 Å². The lowest BCUT2D eigenvalue weighted by atomic mass is 9.85. The predicted molar refractivity (Wildman–Crippen MR) is 90.2 cm³/mol. The third kappa shape index (κ3) is 3.34. The molecule has 0 saturated heterocycles. The van der Waals surface area contributed by atoms with Crippen molar-refractivity contribution in [2.24, 2.45) is 5.92 Å². The van der Waals surface area contributed by atoms with Gasteiger partial charge in [0.1, 0.15) is 10.0 Å². The van der Waals surface area contributed by atoms with E-state index in [-0.39, 0.29) is 11.8 Å². The highest BCUT2D eigenvalue weighted by atomic mass is 32.1. The van der Waals surface area contributed by atoms with Crippen molar-refractivity contribution >= 4 is 17.2 Å². The molecule has 2 aromatic heterocycles. The maximum Gasteiger partial charge on any atom is 0.223 e. The van der Waals surface area contributed by atoms with Gasteiger partial charge in [0.25, 0.3) is 0 Å². The fourth-order valence-electron chi connectivity index (χ4n) is 3.19. The van der Waals surface area contributed by atoms with E-state index >= 15 is 0 Å². The zero-order valence-corrected chi connectivity index (χ0v) is 14.7. The van der Waals surface area contributed by atoms with Gasteiger partial charge in [-0.1, -0.05) is 6.42 Å². The summed E-state index contributed by atoms with van der Waals surface area (Å²) in [5.41, 5.74) is 2.15. The normalized spacial score (nSPS) is 18.2. The number of carbonyl (C=O) groups excluding carboxylic acids is 1. The van der Waals surface area contributed by atoms with Crippen molar-refractivity contribution in [2.45, 2.75) is 52.4 Å². The summed E-state index contributed by atoms with van der Waals surface area (Å²) in [5, 5.41) is 18.0. The first-order valence-corrected chi connectivity index (χ1v) is 9.33. The van der Waals surface area contributed by atoms with E-state index in [1.807, 2.05) is 6.92 Å². The van der Waals surface area contributed by atoms with Crippen molar-refractivity contribution in [3.8, 4) is 0 Å². The Bertz CT molecular complexity index is 735. The molecule has 1 fully saturated rings. The van der Waals surface area contributed by atoms with Gasteiger partial charge in [-0.2, -0.15) is 5.10 Å². The number of fused-ring (bicyclic) bond motifs is 1. The Morgan fingerprint density at radius 1 is 1.38 bits per heavy atom. The van der Waals surface area contributed by atoms with Gasteiger partial charge in [0.2, 0.25) is 5.91 Å². The van der Waals surface area contributed by atoms with Crippen LogP contribution in [-0.4, -0.2) is 37.3 Å². The monoisotopic (exact) mass is 346 g/mol. The van der Waals surface area contributed by atoms with Crippen molar-refractivity contribution in [3.05, 3.63) is 27.5 Å². The van der Waals surface area contributed by atoms with Crippen LogP contribution in [0, 0.1) is 12.8 Å². The molecule has 1 saturated carbocycles. The van der Waals surface area contributed by atoms with Gasteiger partial charge in [-0.25, -0.2) is 0 Å². The van der Waals surface area contributed by atoms with E-state index < -0.39 is 0 Å². The lowest BCUT2D eigenvalue weighted by Gasteiger charge is -2.26. The highest BCUT2D eigenvalue weighted by Gasteiger charge is 2.25. The molecule has 0 spiro atoms. The van der Waals surface area contributed by atoms with Crippen LogP contribution in [0.3, 0.4) is 0 Å². The van der Waals surface area contributed by atoms with Crippen LogP contribution in [0.1, 0.15) is 40.7 Å². The SMILES string of the molecule is Cc1nnc(CN2CCn3nc(CNC(=O)C4CCC4)cc3C2)s1. The van der Waals surface area contributed by atoms with Crippen molar-refractivity contribution in [1.29, 1.82) is 0 Å². The minimum atomic E-state index is 0.181. The Balaban J connectivity index is 1.34. The lowest BCUT2D eigenvalue weighted by molar-refractivity contribution is -0.127. The second kappa shape index (κ2) is 6.60. The Kier molecular flexibility index (Phi) is 4.32. The van der Waals surface area contributed by atoms with Gasteiger partial charge in [0.05, 0.1) is 31.0 Å². The molecule has 0 atom stereocenters. The maximum atomic E-state index is 11.9. The van der Waals surface area contributed by atoms with Crippen molar-refractivity contribution in [1.82, 2.24) is 30.2 Å². The molecule has 3 heterocycles. The molecule has 128 valence electrons. The first-order chi connectivity index (χ1) is 11.7. The summed E-state index contributed by atoms with van der Waals surface area (Å²) >= 11 is 1.66. The number of nitrogens with zero attached hydrogens (tertiary/aromatic N) is 5. The molecule has 24 heavy (non-hydrogen) atoms. The zero-order chi connectivity index (χ0) is 16.5. The van der Waals surface area contributed by atoms with Crippen molar-refractivity contribution < 1.29 is 4.79 Å². The maximum absolute atomic E-state index is 11.9. The summed E-state index contributed by atoms with van der Waals surface area (Å²) in [6, 6.07) is 2.11. The summed E-state index contributed by atoms with van der Waals surface area (Å²) in [4.78, 5) is 14.3. The van der Waals surface area contributed by atoms with Gasteiger partial charge in [0.15, 0.2) is 0 Å². The molecular formula is C16H22N6OS. The first-order valence-electron chi connectivity index (χ1n) is 8.52. The average Bonchev–Trinajstić information content (AvgIpc) is 3.09. The highest BCUT2D eigenvalue weighted by molar-refractivity contribution is 7.11. The molecule has 1 aliphatic heterocycles. The van der Waals surface area contributed by atoms with E-state index in [1.54, 1.807) is 11.3 Å². The van der Waals surface area contributed by atoms with E-state index in [4.69, 9.17) is 0 Å². The van der Waals surface area contributed by atoms with E-state index in [0.717, 1.165) is 54.7 Å². The summed E-state index contributed by atoms with van der Waals surface area (Å²) in [6.45, 7) is 6.05. The summed E-state index contributed by atoms with van der Waals surface area (Å²) < 4.78 is 2.06. The van der Waals surface area contributed by atoms with Gasteiger partial charge in [0, 0.05) is 19.0 Å². The minimum absolute atomic E-state index is 0.181. The molecular weight excluding hydrogens is 324 g/mol. The van der Waals surface area contributed by atoms with Crippen LogP contribution in [0.5, 0.6) is 0 Å². The molecule has 0 aromatic carbocycles. The van der Waals surface area contributed by atoms with Crippen LogP contribution in [0.2, 0.25) is 0 Å². The number of rotatable bonds is 5. The summed E-state index contributed by atoms with van der Waals surface area (Å²) in [7, 11) is 0. The zero-order valence-electron chi connectivity index (χ0n) is 13.9. The lowest BCUT2D eigenvalue weighted by Crippen LogP contribution is -2.34. The molecule has 2 aliphatic rings. The standard InChI is InChI=1S/C16H22N6OS/c1-11-18-19-15(24-11)10-21-5-6-22-14(9-21)7-13(20-22)8-17-16(23)12-3-2-4-12/h7,12H,2-6,8-10H2,1H3,(H,17,23). The van der Waals surface area contributed by atoms with E-state index in [1.165, 1.54) is 12.1 Å². The molecule has 2 aromatic rings. The number of aromatic nitrogens is 4. The fraction of sp³-hybridized carbons (Fsp3) is 0.625. The number of nitrogens with one attached hydrogen (secondary N) is 1. The Morgan fingerprint density at radius 2 is 2.25 bits per heavy atom. The Labute approximate surface area is 145 Å². The third-order valence-corrected chi connectivity index (χ3v) is 5.60. The van der Waals surface area contributed by atoms with Crippen LogP contribution in [0.15, 0.2) is 6.07 Å². The Hall–Kier alpha value is -1.80. The van der Waals surface area contributed by atoms with Crippen molar-refractivity contribution in [3.63, 3.8) is 0 Å². The topological polar surface area (TPSA) is 75.9 Å². The van der Waals surface area contributed by atoms with E-state index in [9.17, 15) is 4.79 Å². The molecule has 4 rings (SSSR count). The number of carbonyl (C=O) groups is 1. The van der Waals surface area contributed by atoms with Crippen LogP contribution in [0.25, 0.3) is 0 Å². The number of amides is 1. The summed E-state index contributed by atoms with van der Waals surface area (Å²) in [6.07, 6.45) is 3.25. The van der Waals surface area contributed by atoms with Gasteiger partial charge >= 0.3 is 0 Å². The first kappa shape index (κ1) is 15.7. The minimum Gasteiger partial charge on any atom is -0.350 e. The molecule has 8 heteroatoms. The fourth-order valence-corrected chi connectivity index (χ4v) is 3.94. The molecule has 1 N–H and O–H groups in total. The van der Waals surface area contributed by atoms with Crippen LogP contribution in [-0.2, 0) is 31.0 Å². The van der Waals surface area contributed by atoms with Gasteiger partial charge in [-0.05, 0) is 25.8 Å². The van der Waals surface area contributed by atoms with E-state index in [2.05, 4.69) is 36.3 Å². The molecule has 1 amide bonds. The molecule has 1 aliphatic carbocycles.